The first-order valence-corrected chi connectivity index (χ1v) is 6.56. The van der Waals surface area contributed by atoms with Crippen molar-refractivity contribution < 1.29 is 9.21 Å². The average molecular weight is 300 g/mol. The molecule has 1 aromatic heterocycles. The lowest BCUT2D eigenvalue weighted by Gasteiger charge is -2.00. The van der Waals surface area contributed by atoms with E-state index in [-0.39, 0.29) is 11.9 Å². The summed E-state index contributed by atoms with van der Waals surface area (Å²) in [5.74, 6) is -0.518. The van der Waals surface area contributed by atoms with Crippen molar-refractivity contribution in [3.05, 3.63) is 71.1 Å². The van der Waals surface area contributed by atoms with E-state index >= 15 is 0 Å². The topological polar surface area (TPSA) is 68.0 Å². The fraction of sp³-hybridized carbons (Fsp3) is 0. The van der Waals surface area contributed by atoms with Crippen LogP contribution in [-0.2, 0) is 0 Å². The van der Waals surface area contributed by atoms with Crippen LogP contribution in [0.5, 0.6) is 0 Å². The second-order valence-electron chi connectivity index (χ2n) is 4.21. The fourth-order valence-electron chi connectivity index (χ4n) is 1.77. The van der Waals surface area contributed by atoms with Gasteiger partial charge in [0.1, 0.15) is 0 Å². The van der Waals surface area contributed by atoms with Crippen LogP contribution in [0.15, 0.2) is 59.0 Å². The molecule has 0 saturated heterocycles. The van der Waals surface area contributed by atoms with Crippen LogP contribution < -0.4 is 5.32 Å². The molecule has 0 bridgehead atoms. The molecule has 5 nitrogen and oxygen atoms in total. The number of para-hydroxylation sites is 1. The van der Waals surface area contributed by atoms with E-state index in [4.69, 9.17) is 16.0 Å². The summed E-state index contributed by atoms with van der Waals surface area (Å²) in [6, 6.07) is 16.2. The minimum absolute atomic E-state index is 0.110. The van der Waals surface area contributed by atoms with E-state index in [0.29, 0.717) is 10.6 Å². The zero-order valence-corrected chi connectivity index (χ0v) is 11.5. The predicted molar refractivity (Wildman–Crippen MR) is 78.9 cm³/mol. The highest BCUT2D eigenvalue weighted by Gasteiger charge is 2.19. The number of nitrogens with zero attached hydrogens (tertiary/aromatic N) is 2. The molecule has 6 heteroatoms. The van der Waals surface area contributed by atoms with Crippen LogP contribution in [0.4, 0.5) is 11.7 Å². The summed E-state index contributed by atoms with van der Waals surface area (Å²) in [7, 11) is 0. The number of carbonyl (C=O) groups excluding carboxylic acids is 1. The van der Waals surface area contributed by atoms with Crippen LogP contribution in [0.1, 0.15) is 16.2 Å². The molecule has 0 spiro atoms. The SMILES string of the molecule is O=C(c1nnc(Nc2ccccc2)o1)c1ccccc1Cl. The highest BCUT2D eigenvalue weighted by Crippen LogP contribution is 2.20. The Bertz CT molecular complexity index is 771. The molecule has 0 aliphatic carbocycles. The van der Waals surface area contributed by atoms with Crippen molar-refractivity contribution in [3.63, 3.8) is 0 Å². The Balaban J connectivity index is 1.82. The van der Waals surface area contributed by atoms with Crippen LogP contribution >= 0.6 is 11.6 Å². The standard InChI is InChI=1S/C15H10ClN3O2/c16-12-9-5-4-8-11(12)13(20)14-18-19-15(21-14)17-10-6-2-1-3-7-10/h1-9H,(H,17,19). The van der Waals surface area contributed by atoms with E-state index in [0.717, 1.165) is 5.69 Å². The number of hydrogen-bond acceptors (Lipinski definition) is 5. The molecule has 0 aliphatic heterocycles. The van der Waals surface area contributed by atoms with Gasteiger partial charge in [-0.15, -0.1) is 5.10 Å². The van der Waals surface area contributed by atoms with Gasteiger partial charge in [0.25, 0.3) is 11.7 Å². The quantitative estimate of drug-likeness (QED) is 0.744. The van der Waals surface area contributed by atoms with Crippen LogP contribution in [0.25, 0.3) is 0 Å². The number of halogens is 1. The van der Waals surface area contributed by atoms with Crippen LogP contribution in [0, 0.1) is 0 Å². The molecule has 3 aromatic rings. The van der Waals surface area contributed by atoms with Gasteiger partial charge < -0.3 is 9.73 Å². The van der Waals surface area contributed by atoms with Crippen molar-refractivity contribution in [2.24, 2.45) is 0 Å². The average Bonchev–Trinajstić information content (AvgIpc) is 2.97. The molecule has 1 N–H and O–H groups in total. The van der Waals surface area contributed by atoms with Crippen molar-refractivity contribution in [1.82, 2.24) is 10.2 Å². The molecular weight excluding hydrogens is 290 g/mol. The smallest absolute Gasteiger partial charge is 0.320 e. The van der Waals surface area contributed by atoms with Gasteiger partial charge in [-0.2, -0.15) is 0 Å². The van der Waals surface area contributed by atoms with Crippen molar-refractivity contribution in [3.8, 4) is 0 Å². The maximum atomic E-state index is 12.2. The Morgan fingerprint density at radius 3 is 2.48 bits per heavy atom. The fourth-order valence-corrected chi connectivity index (χ4v) is 1.99. The number of anilines is 2. The summed E-state index contributed by atoms with van der Waals surface area (Å²) in [5, 5.41) is 10.8. The first kappa shape index (κ1) is 13.3. The Hall–Kier alpha value is -2.66. The summed E-state index contributed by atoms with van der Waals surface area (Å²) in [4.78, 5) is 12.2. The Morgan fingerprint density at radius 2 is 1.71 bits per heavy atom. The monoisotopic (exact) mass is 299 g/mol. The minimum atomic E-state index is -0.408. The molecule has 0 amide bonds. The van der Waals surface area contributed by atoms with E-state index in [1.54, 1.807) is 24.3 Å². The van der Waals surface area contributed by atoms with E-state index in [1.807, 2.05) is 30.3 Å². The van der Waals surface area contributed by atoms with E-state index in [2.05, 4.69) is 15.5 Å². The lowest BCUT2D eigenvalue weighted by molar-refractivity contribution is 0.100. The summed E-state index contributed by atoms with van der Waals surface area (Å²) in [5.41, 5.74) is 1.12. The number of carbonyl (C=O) groups is 1. The van der Waals surface area contributed by atoms with E-state index < -0.39 is 5.78 Å². The lowest BCUT2D eigenvalue weighted by Crippen LogP contribution is -2.02. The lowest BCUT2D eigenvalue weighted by atomic mass is 10.1. The molecule has 2 aromatic carbocycles. The van der Waals surface area contributed by atoms with Gasteiger partial charge in [-0.3, -0.25) is 4.79 Å². The second-order valence-corrected chi connectivity index (χ2v) is 4.62. The number of nitrogens with one attached hydrogen (secondary N) is 1. The zero-order chi connectivity index (χ0) is 14.7. The van der Waals surface area contributed by atoms with Gasteiger partial charge in [-0.05, 0) is 24.3 Å². The molecule has 0 aliphatic rings. The Kier molecular flexibility index (Phi) is 3.66. The third-order valence-corrected chi connectivity index (χ3v) is 3.09. The maximum absolute atomic E-state index is 12.2. The summed E-state index contributed by atoms with van der Waals surface area (Å²) in [6.45, 7) is 0. The van der Waals surface area contributed by atoms with Gasteiger partial charge in [0.2, 0.25) is 0 Å². The number of aromatic nitrogens is 2. The van der Waals surface area contributed by atoms with E-state index in [1.165, 1.54) is 0 Å². The largest absolute Gasteiger partial charge is 0.400 e. The molecule has 0 radical (unpaired) electrons. The highest BCUT2D eigenvalue weighted by atomic mass is 35.5. The normalized spacial score (nSPS) is 10.3. The number of hydrogen-bond donors (Lipinski definition) is 1. The zero-order valence-electron chi connectivity index (χ0n) is 10.8. The molecule has 1 heterocycles. The molecule has 3 rings (SSSR count). The molecule has 0 unspecified atom stereocenters. The second kappa shape index (κ2) is 5.76. The van der Waals surface area contributed by atoms with Gasteiger partial charge in [0.15, 0.2) is 0 Å². The summed E-state index contributed by atoms with van der Waals surface area (Å²) >= 11 is 5.98. The van der Waals surface area contributed by atoms with Gasteiger partial charge in [-0.1, -0.05) is 47.0 Å². The van der Waals surface area contributed by atoms with Crippen molar-refractivity contribution >= 4 is 29.1 Å². The summed E-state index contributed by atoms with van der Waals surface area (Å²) in [6.07, 6.45) is 0. The van der Waals surface area contributed by atoms with Gasteiger partial charge in [0.05, 0.1) is 5.02 Å². The Morgan fingerprint density at radius 1 is 1.00 bits per heavy atom. The van der Waals surface area contributed by atoms with Crippen molar-refractivity contribution in [2.75, 3.05) is 5.32 Å². The van der Waals surface area contributed by atoms with Crippen molar-refractivity contribution in [1.29, 1.82) is 0 Å². The molecule has 104 valence electrons. The van der Waals surface area contributed by atoms with Gasteiger partial charge in [0, 0.05) is 11.3 Å². The Labute approximate surface area is 125 Å². The highest BCUT2D eigenvalue weighted by molar-refractivity contribution is 6.34. The first-order valence-electron chi connectivity index (χ1n) is 6.19. The molecule has 0 saturated carbocycles. The number of ketones is 1. The van der Waals surface area contributed by atoms with Crippen molar-refractivity contribution in [2.45, 2.75) is 0 Å². The van der Waals surface area contributed by atoms with E-state index in [9.17, 15) is 4.79 Å². The third-order valence-electron chi connectivity index (χ3n) is 2.76. The third kappa shape index (κ3) is 2.93. The predicted octanol–water partition coefficient (Wildman–Crippen LogP) is 3.70. The van der Waals surface area contributed by atoms with Crippen LogP contribution in [0.2, 0.25) is 5.02 Å². The minimum Gasteiger partial charge on any atom is -0.400 e. The van der Waals surface area contributed by atoms with Crippen LogP contribution in [-0.4, -0.2) is 16.0 Å². The summed E-state index contributed by atoms with van der Waals surface area (Å²) < 4.78 is 5.32. The number of benzene rings is 2. The molecule has 0 atom stereocenters. The maximum Gasteiger partial charge on any atom is 0.320 e. The van der Waals surface area contributed by atoms with Crippen LogP contribution in [0.3, 0.4) is 0 Å². The van der Waals surface area contributed by atoms with Gasteiger partial charge >= 0.3 is 6.01 Å². The molecular formula is C15H10ClN3O2. The van der Waals surface area contributed by atoms with Gasteiger partial charge in [-0.25, -0.2) is 0 Å². The number of rotatable bonds is 4. The molecule has 21 heavy (non-hydrogen) atoms. The first-order chi connectivity index (χ1) is 10.2. The molecule has 0 fully saturated rings.